The highest BCUT2D eigenvalue weighted by Crippen LogP contribution is 2.43. The summed E-state index contributed by atoms with van der Waals surface area (Å²) in [5, 5.41) is 11.1. The summed E-state index contributed by atoms with van der Waals surface area (Å²) in [5.74, 6) is -0.633. The van der Waals surface area contributed by atoms with Crippen LogP contribution in [0.1, 0.15) is 19.8 Å². The molecule has 0 aromatic carbocycles. The molecule has 0 aliphatic heterocycles. The van der Waals surface area contributed by atoms with Crippen LogP contribution < -0.4 is 0 Å². The lowest BCUT2D eigenvalue weighted by Gasteiger charge is -2.21. The van der Waals surface area contributed by atoms with Gasteiger partial charge in [-0.1, -0.05) is 23.2 Å². The molecule has 0 N–H and O–H groups in total. The van der Waals surface area contributed by atoms with Crippen molar-refractivity contribution in [2.45, 2.75) is 29.9 Å². The van der Waals surface area contributed by atoms with Crippen LogP contribution in [0.5, 0.6) is 0 Å². The third kappa shape index (κ3) is 3.56. The van der Waals surface area contributed by atoms with Gasteiger partial charge in [-0.15, -0.1) is 11.8 Å². The predicted molar refractivity (Wildman–Crippen MR) is 82.3 cm³/mol. The van der Waals surface area contributed by atoms with E-state index in [4.69, 9.17) is 23.2 Å². The van der Waals surface area contributed by atoms with Gasteiger partial charge in [-0.25, -0.2) is 4.39 Å². The van der Waals surface area contributed by atoms with Crippen LogP contribution in [0, 0.1) is 10.1 Å². The van der Waals surface area contributed by atoms with Gasteiger partial charge in [-0.05, 0) is 35.4 Å². The van der Waals surface area contributed by atoms with Crippen molar-refractivity contribution in [3.8, 4) is 0 Å². The number of thioether (sulfide) groups is 1. The Morgan fingerprint density at radius 1 is 1.48 bits per heavy atom. The SMILES string of the molecule is C[C@@H](Sc1cccnc1[N+](=O)[O-])C1=C(Cl)CCC(F)=C1Cl. The van der Waals surface area contributed by atoms with E-state index in [-0.39, 0.29) is 22.5 Å². The van der Waals surface area contributed by atoms with Crippen LogP contribution in [0.2, 0.25) is 0 Å². The van der Waals surface area contributed by atoms with Gasteiger partial charge in [0.1, 0.15) is 16.9 Å². The number of aromatic nitrogens is 1. The molecule has 8 heteroatoms. The maximum absolute atomic E-state index is 13.6. The summed E-state index contributed by atoms with van der Waals surface area (Å²) in [7, 11) is 0. The number of nitrogens with zero attached hydrogens (tertiary/aromatic N) is 2. The van der Waals surface area contributed by atoms with E-state index in [9.17, 15) is 14.5 Å². The lowest BCUT2D eigenvalue weighted by Crippen LogP contribution is -2.09. The van der Waals surface area contributed by atoms with E-state index in [0.29, 0.717) is 21.9 Å². The Labute approximate surface area is 135 Å². The quantitative estimate of drug-likeness (QED) is 0.427. The molecule has 1 heterocycles. The smallest absolute Gasteiger partial charge is 0.358 e. The lowest BCUT2D eigenvalue weighted by molar-refractivity contribution is -0.392. The molecule has 21 heavy (non-hydrogen) atoms. The van der Waals surface area contributed by atoms with Crippen molar-refractivity contribution in [1.29, 1.82) is 0 Å². The van der Waals surface area contributed by atoms with Crippen LogP contribution >= 0.6 is 35.0 Å². The minimum absolute atomic E-state index is 0.0118. The second kappa shape index (κ2) is 6.77. The number of allylic oxidation sites excluding steroid dienone is 3. The van der Waals surface area contributed by atoms with Gasteiger partial charge in [0.2, 0.25) is 0 Å². The van der Waals surface area contributed by atoms with Crippen LogP contribution in [0.4, 0.5) is 10.2 Å². The molecule has 1 aliphatic carbocycles. The predicted octanol–water partition coefficient (Wildman–Crippen LogP) is 5.18. The van der Waals surface area contributed by atoms with Gasteiger partial charge in [0, 0.05) is 22.3 Å². The van der Waals surface area contributed by atoms with Crippen molar-refractivity contribution < 1.29 is 9.31 Å². The van der Waals surface area contributed by atoms with E-state index < -0.39 is 10.8 Å². The molecule has 0 amide bonds. The number of pyridine rings is 1. The minimum atomic E-state index is -0.552. The van der Waals surface area contributed by atoms with Crippen molar-refractivity contribution in [3.63, 3.8) is 0 Å². The molecule has 0 fully saturated rings. The normalized spacial score (nSPS) is 17.1. The van der Waals surface area contributed by atoms with Gasteiger partial charge in [-0.3, -0.25) is 0 Å². The van der Waals surface area contributed by atoms with E-state index in [0.717, 1.165) is 0 Å². The highest BCUT2D eigenvalue weighted by atomic mass is 35.5. The Kier molecular flexibility index (Phi) is 5.24. The number of nitro groups is 1. The number of hydrogen-bond acceptors (Lipinski definition) is 4. The Hall–Kier alpha value is -1.11. The molecule has 2 rings (SSSR count). The van der Waals surface area contributed by atoms with Crippen molar-refractivity contribution in [1.82, 2.24) is 4.98 Å². The van der Waals surface area contributed by atoms with Crippen LogP contribution in [-0.2, 0) is 0 Å². The third-order valence-electron chi connectivity index (χ3n) is 2.96. The highest BCUT2D eigenvalue weighted by molar-refractivity contribution is 8.00. The number of rotatable bonds is 4. The van der Waals surface area contributed by atoms with Gasteiger partial charge >= 0.3 is 5.82 Å². The number of halogens is 3. The minimum Gasteiger partial charge on any atom is -0.358 e. The molecule has 1 aromatic rings. The van der Waals surface area contributed by atoms with Gasteiger partial charge < -0.3 is 10.1 Å². The zero-order valence-electron chi connectivity index (χ0n) is 11.0. The summed E-state index contributed by atoms with van der Waals surface area (Å²) in [6, 6.07) is 3.20. The summed E-state index contributed by atoms with van der Waals surface area (Å²) in [6.07, 6.45) is 1.93. The first-order valence-corrected chi connectivity index (χ1v) is 7.74. The largest absolute Gasteiger partial charge is 0.377 e. The van der Waals surface area contributed by atoms with E-state index in [2.05, 4.69) is 4.98 Å². The summed E-state index contributed by atoms with van der Waals surface area (Å²) in [5.41, 5.74) is 0.491. The molecular weight excluding hydrogens is 338 g/mol. The maximum Gasteiger partial charge on any atom is 0.377 e. The molecule has 1 aliphatic rings. The summed E-state index contributed by atoms with van der Waals surface area (Å²) in [6.45, 7) is 1.78. The molecule has 4 nitrogen and oxygen atoms in total. The second-order valence-electron chi connectivity index (χ2n) is 4.38. The Morgan fingerprint density at radius 2 is 2.19 bits per heavy atom. The average molecular weight is 349 g/mol. The molecular formula is C13H11Cl2FN2O2S. The molecule has 112 valence electrons. The Bertz CT molecular complexity index is 649. The first-order chi connectivity index (χ1) is 9.91. The highest BCUT2D eigenvalue weighted by Gasteiger charge is 2.27. The van der Waals surface area contributed by atoms with E-state index in [1.165, 1.54) is 18.0 Å². The van der Waals surface area contributed by atoms with Crippen LogP contribution in [-0.4, -0.2) is 15.2 Å². The molecule has 1 atom stereocenters. The fourth-order valence-corrected chi connectivity index (χ4v) is 4.04. The first-order valence-electron chi connectivity index (χ1n) is 6.11. The van der Waals surface area contributed by atoms with Crippen LogP contribution in [0.25, 0.3) is 0 Å². The van der Waals surface area contributed by atoms with Crippen LogP contribution in [0.15, 0.2) is 44.7 Å². The van der Waals surface area contributed by atoms with Crippen LogP contribution in [0.3, 0.4) is 0 Å². The fourth-order valence-electron chi connectivity index (χ4n) is 1.99. The standard InChI is InChI=1S/C13H11Cl2FN2O2S/c1-7(11-8(14)4-5-9(16)12(11)15)21-10-3-2-6-17-13(10)18(19)20/h2-3,6-7H,4-5H2,1H3/t7-/m1/s1. The molecule has 1 aromatic heterocycles. The zero-order chi connectivity index (χ0) is 15.6. The average Bonchev–Trinajstić information content (AvgIpc) is 2.43. The van der Waals surface area contributed by atoms with Gasteiger partial charge in [0.15, 0.2) is 0 Å². The molecule has 0 spiro atoms. The summed E-state index contributed by atoms with van der Waals surface area (Å²) in [4.78, 5) is 14.5. The van der Waals surface area contributed by atoms with Crippen molar-refractivity contribution >= 4 is 40.8 Å². The van der Waals surface area contributed by atoms with Crippen molar-refractivity contribution in [2.24, 2.45) is 0 Å². The fraction of sp³-hybridized carbons (Fsp3) is 0.308. The van der Waals surface area contributed by atoms with Gasteiger partial charge in [-0.2, -0.15) is 0 Å². The van der Waals surface area contributed by atoms with E-state index in [1.54, 1.807) is 19.1 Å². The van der Waals surface area contributed by atoms with Crippen molar-refractivity contribution in [3.05, 3.63) is 49.9 Å². The second-order valence-corrected chi connectivity index (χ2v) is 6.60. The van der Waals surface area contributed by atoms with Gasteiger partial charge in [0.05, 0.1) is 5.03 Å². The summed E-state index contributed by atoms with van der Waals surface area (Å²) < 4.78 is 13.6. The Morgan fingerprint density at radius 3 is 2.86 bits per heavy atom. The first kappa shape index (κ1) is 16.3. The third-order valence-corrected chi connectivity index (χ3v) is 4.93. The molecule has 0 bridgehead atoms. The molecule has 0 saturated heterocycles. The maximum atomic E-state index is 13.6. The van der Waals surface area contributed by atoms with Crippen molar-refractivity contribution in [2.75, 3.05) is 0 Å². The number of hydrogen-bond donors (Lipinski definition) is 0. The zero-order valence-corrected chi connectivity index (χ0v) is 13.3. The monoisotopic (exact) mass is 348 g/mol. The molecule has 0 unspecified atom stereocenters. The van der Waals surface area contributed by atoms with E-state index in [1.807, 2.05) is 0 Å². The van der Waals surface area contributed by atoms with Gasteiger partial charge in [0.25, 0.3) is 0 Å². The Balaban J connectivity index is 2.31. The summed E-state index contributed by atoms with van der Waals surface area (Å²) >= 11 is 13.3. The topological polar surface area (TPSA) is 56.0 Å². The molecule has 0 radical (unpaired) electrons. The lowest BCUT2D eigenvalue weighted by atomic mass is 10.0. The van der Waals surface area contributed by atoms with E-state index >= 15 is 0 Å². The molecule has 0 saturated carbocycles.